The Bertz CT molecular complexity index is 248. The van der Waals surface area contributed by atoms with Crippen LogP contribution in [0.2, 0.25) is 0 Å². The van der Waals surface area contributed by atoms with Crippen LogP contribution in [0, 0.1) is 13.8 Å². The molecular weight excluding hydrogens is 150 g/mol. The summed E-state index contributed by atoms with van der Waals surface area (Å²) in [5.41, 5.74) is 7.90. The first-order chi connectivity index (χ1) is 5.69. The van der Waals surface area contributed by atoms with Crippen molar-refractivity contribution in [3.05, 3.63) is 17.5 Å². The van der Waals surface area contributed by atoms with Gasteiger partial charge in [0.05, 0.1) is 11.7 Å². The number of hydrogen-bond donors (Lipinski definition) is 1. The summed E-state index contributed by atoms with van der Waals surface area (Å²) < 4.78 is 2.02. The maximum Gasteiger partial charge on any atom is 0.0641 e. The molecule has 0 aliphatic heterocycles. The van der Waals surface area contributed by atoms with Crippen LogP contribution in [0.3, 0.4) is 0 Å². The monoisotopic (exact) mass is 167 g/mol. The smallest absolute Gasteiger partial charge is 0.0641 e. The number of nitrogens with two attached hydrogens (primary N) is 1. The maximum atomic E-state index is 5.63. The molecule has 0 radical (unpaired) electrons. The van der Waals surface area contributed by atoms with E-state index in [9.17, 15) is 0 Å². The average molecular weight is 167 g/mol. The van der Waals surface area contributed by atoms with Gasteiger partial charge >= 0.3 is 0 Å². The van der Waals surface area contributed by atoms with Crippen molar-refractivity contribution < 1.29 is 0 Å². The molecule has 0 saturated heterocycles. The highest BCUT2D eigenvalue weighted by molar-refractivity contribution is 5.07. The molecule has 0 fully saturated rings. The molecule has 1 aromatic heterocycles. The van der Waals surface area contributed by atoms with E-state index in [0.29, 0.717) is 12.6 Å². The van der Waals surface area contributed by atoms with E-state index in [1.54, 1.807) is 0 Å². The molecule has 68 valence electrons. The third kappa shape index (κ3) is 1.67. The van der Waals surface area contributed by atoms with Gasteiger partial charge < -0.3 is 5.73 Å². The van der Waals surface area contributed by atoms with Gasteiger partial charge in [-0.25, -0.2) is 0 Å². The molecule has 1 atom stereocenters. The molecule has 0 amide bonds. The molecule has 1 rings (SSSR count). The minimum absolute atomic E-state index is 0.360. The van der Waals surface area contributed by atoms with Crippen LogP contribution in [-0.2, 0) is 0 Å². The molecule has 0 aliphatic carbocycles. The van der Waals surface area contributed by atoms with Gasteiger partial charge in [-0.15, -0.1) is 0 Å². The maximum absolute atomic E-state index is 5.63. The summed E-state index contributed by atoms with van der Waals surface area (Å²) in [7, 11) is 0. The minimum Gasteiger partial charge on any atom is -0.328 e. The van der Waals surface area contributed by atoms with Crippen molar-refractivity contribution in [1.82, 2.24) is 9.78 Å². The largest absolute Gasteiger partial charge is 0.328 e. The van der Waals surface area contributed by atoms with Crippen molar-refractivity contribution in [2.75, 3.05) is 6.54 Å². The molecule has 12 heavy (non-hydrogen) atoms. The van der Waals surface area contributed by atoms with Crippen molar-refractivity contribution in [3.63, 3.8) is 0 Å². The summed E-state index contributed by atoms with van der Waals surface area (Å²) in [6, 6.07) is 2.44. The Hall–Kier alpha value is -0.830. The highest BCUT2D eigenvalue weighted by Gasteiger charge is 2.09. The van der Waals surface area contributed by atoms with Crippen LogP contribution in [0.15, 0.2) is 6.07 Å². The van der Waals surface area contributed by atoms with E-state index in [2.05, 4.69) is 25.0 Å². The first-order valence-corrected chi connectivity index (χ1v) is 4.41. The fourth-order valence-electron chi connectivity index (χ4n) is 1.46. The van der Waals surface area contributed by atoms with Crippen molar-refractivity contribution in [1.29, 1.82) is 0 Å². The van der Waals surface area contributed by atoms with Gasteiger partial charge in [0, 0.05) is 12.2 Å². The number of aromatic nitrogens is 2. The van der Waals surface area contributed by atoms with Crippen LogP contribution in [0.4, 0.5) is 0 Å². The quantitative estimate of drug-likeness (QED) is 0.739. The van der Waals surface area contributed by atoms with Gasteiger partial charge in [-0.2, -0.15) is 5.10 Å². The van der Waals surface area contributed by atoms with Crippen LogP contribution < -0.4 is 5.73 Å². The Morgan fingerprint density at radius 1 is 1.58 bits per heavy atom. The fourth-order valence-corrected chi connectivity index (χ4v) is 1.46. The van der Waals surface area contributed by atoms with Crippen molar-refractivity contribution in [2.45, 2.75) is 33.2 Å². The molecule has 0 saturated carbocycles. The second-order valence-electron chi connectivity index (χ2n) is 3.17. The summed E-state index contributed by atoms with van der Waals surface area (Å²) in [6.07, 6.45) is 1.04. The van der Waals surface area contributed by atoms with Crippen LogP contribution in [0.5, 0.6) is 0 Å². The second-order valence-corrected chi connectivity index (χ2v) is 3.17. The zero-order valence-electron chi connectivity index (χ0n) is 8.04. The number of aryl methyl sites for hydroxylation is 2. The van der Waals surface area contributed by atoms with Crippen LogP contribution >= 0.6 is 0 Å². The standard InChI is InChI=1S/C9H17N3/c1-4-9(6-10)12-8(3)5-7(2)11-12/h5,9H,4,6,10H2,1-3H3/t9-/m1/s1. The molecule has 0 unspecified atom stereocenters. The van der Waals surface area contributed by atoms with Crippen LogP contribution in [-0.4, -0.2) is 16.3 Å². The van der Waals surface area contributed by atoms with E-state index in [1.807, 2.05) is 11.6 Å². The number of rotatable bonds is 3. The first kappa shape index (κ1) is 9.26. The number of nitrogens with zero attached hydrogens (tertiary/aromatic N) is 2. The predicted molar refractivity (Wildman–Crippen MR) is 50.1 cm³/mol. The molecule has 1 heterocycles. The second kappa shape index (κ2) is 3.72. The highest BCUT2D eigenvalue weighted by atomic mass is 15.3. The molecule has 0 bridgehead atoms. The molecule has 2 N–H and O–H groups in total. The normalized spacial score (nSPS) is 13.3. The molecule has 0 aliphatic rings. The van der Waals surface area contributed by atoms with Gasteiger partial charge in [0.15, 0.2) is 0 Å². The van der Waals surface area contributed by atoms with E-state index in [1.165, 1.54) is 5.69 Å². The van der Waals surface area contributed by atoms with Gasteiger partial charge in [-0.1, -0.05) is 6.92 Å². The van der Waals surface area contributed by atoms with Gasteiger partial charge in [0.25, 0.3) is 0 Å². The summed E-state index contributed by atoms with van der Waals surface area (Å²) in [6.45, 7) is 6.87. The molecule has 0 spiro atoms. The fraction of sp³-hybridized carbons (Fsp3) is 0.667. The summed E-state index contributed by atoms with van der Waals surface area (Å²) in [5.74, 6) is 0. The van der Waals surface area contributed by atoms with Crippen molar-refractivity contribution in [2.24, 2.45) is 5.73 Å². The third-order valence-electron chi connectivity index (χ3n) is 2.13. The molecule has 3 heteroatoms. The predicted octanol–water partition coefficient (Wildman–Crippen LogP) is 1.41. The van der Waals surface area contributed by atoms with E-state index in [-0.39, 0.29) is 0 Å². The lowest BCUT2D eigenvalue weighted by Gasteiger charge is -2.14. The summed E-state index contributed by atoms with van der Waals surface area (Å²) >= 11 is 0. The van der Waals surface area contributed by atoms with Gasteiger partial charge in [0.2, 0.25) is 0 Å². The molecule has 1 aromatic rings. The summed E-state index contributed by atoms with van der Waals surface area (Å²) in [4.78, 5) is 0. The lowest BCUT2D eigenvalue weighted by Crippen LogP contribution is -2.20. The van der Waals surface area contributed by atoms with Gasteiger partial charge in [-0.3, -0.25) is 4.68 Å². The summed E-state index contributed by atoms with van der Waals surface area (Å²) in [5, 5.41) is 4.39. The molecular formula is C9H17N3. The molecule has 3 nitrogen and oxygen atoms in total. The van der Waals surface area contributed by atoms with E-state index < -0.39 is 0 Å². The molecule has 0 aromatic carbocycles. The Kier molecular flexibility index (Phi) is 2.87. The van der Waals surface area contributed by atoms with E-state index in [0.717, 1.165) is 12.1 Å². The Balaban J connectivity index is 2.91. The third-order valence-corrected chi connectivity index (χ3v) is 2.13. The lowest BCUT2D eigenvalue weighted by atomic mass is 10.2. The SMILES string of the molecule is CC[C@H](CN)n1nc(C)cc1C. The Morgan fingerprint density at radius 2 is 2.25 bits per heavy atom. The van der Waals surface area contributed by atoms with Crippen LogP contribution in [0.1, 0.15) is 30.8 Å². The topological polar surface area (TPSA) is 43.8 Å². The van der Waals surface area contributed by atoms with Crippen LogP contribution in [0.25, 0.3) is 0 Å². The van der Waals surface area contributed by atoms with Crippen molar-refractivity contribution in [3.8, 4) is 0 Å². The van der Waals surface area contributed by atoms with Crippen molar-refractivity contribution >= 4 is 0 Å². The zero-order chi connectivity index (χ0) is 9.14. The van der Waals surface area contributed by atoms with E-state index in [4.69, 9.17) is 5.73 Å². The first-order valence-electron chi connectivity index (χ1n) is 4.41. The lowest BCUT2D eigenvalue weighted by molar-refractivity contribution is 0.439. The average Bonchev–Trinajstić information content (AvgIpc) is 2.34. The highest BCUT2D eigenvalue weighted by Crippen LogP contribution is 2.12. The Labute approximate surface area is 73.6 Å². The van der Waals surface area contributed by atoms with Gasteiger partial charge in [-0.05, 0) is 26.3 Å². The van der Waals surface area contributed by atoms with Gasteiger partial charge in [0.1, 0.15) is 0 Å². The zero-order valence-corrected chi connectivity index (χ0v) is 8.04. The van der Waals surface area contributed by atoms with E-state index >= 15 is 0 Å². The Morgan fingerprint density at radius 3 is 2.58 bits per heavy atom. The minimum atomic E-state index is 0.360. The number of hydrogen-bond acceptors (Lipinski definition) is 2.